The lowest BCUT2D eigenvalue weighted by atomic mass is 10.2. The van der Waals surface area contributed by atoms with Crippen molar-refractivity contribution in [2.75, 3.05) is 4.72 Å². The van der Waals surface area contributed by atoms with E-state index >= 15 is 0 Å². The average Bonchev–Trinajstić information content (AvgIpc) is 2.83. The third-order valence-electron chi connectivity index (χ3n) is 2.91. The van der Waals surface area contributed by atoms with Crippen LogP contribution in [0.2, 0.25) is 0 Å². The van der Waals surface area contributed by atoms with Crippen molar-refractivity contribution in [1.29, 1.82) is 0 Å². The first-order chi connectivity index (χ1) is 10.9. The van der Waals surface area contributed by atoms with Gasteiger partial charge in [0.05, 0.1) is 11.3 Å². The summed E-state index contributed by atoms with van der Waals surface area (Å²) in [5.74, 6) is -2.55. The molecular weight excluding hydrogens is 374 g/mol. The fourth-order valence-electron chi connectivity index (χ4n) is 1.82. The number of thiophene rings is 1. The predicted molar refractivity (Wildman–Crippen MR) is 78.2 cm³/mol. The van der Waals surface area contributed by atoms with Gasteiger partial charge in [-0.1, -0.05) is 0 Å². The molecule has 0 radical (unpaired) electrons. The zero-order chi connectivity index (χ0) is 18.3. The van der Waals surface area contributed by atoms with Crippen molar-refractivity contribution in [3.05, 3.63) is 45.4 Å². The van der Waals surface area contributed by atoms with Gasteiger partial charge in [0.15, 0.2) is 0 Å². The van der Waals surface area contributed by atoms with Crippen molar-refractivity contribution in [3.8, 4) is 0 Å². The van der Waals surface area contributed by atoms with E-state index < -0.39 is 44.1 Å². The largest absolute Gasteiger partial charge is 0.477 e. The van der Waals surface area contributed by atoms with Crippen LogP contribution in [0, 0.1) is 12.7 Å². The van der Waals surface area contributed by atoms with Crippen LogP contribution in [-0.4, -0.2) is 19.5 Å². The van der Waals surface area contributed by atoms with Gasteiger partial charge in [-0.25, -0.2) is 17.6 Å². The molecule has 0 saturated carbocycles. The second-order valence-corrected chi connectivity index (χ2v) is 7.54. The van der Waals surface area contributed by atoms with E-state index in [1.165, 1.54) is 6.92 Å². The van der Waals surface area contributed by atoms with Crippen molar-refractivity contribution in [3.63, 3.8) is 0 Å². The number of aromatic carboxylic acids is 1. The Hall–Kier alpha value is -2.14. The van der Waals surface area contributed by atoms with E-state index in [0.717, 1.165) is 6.07 Å². The van der Waals surface area contributed by atoms with Crippen LogP contribution >= 0.6 is 11.3 Å². The van der Waals surface area contributed by atoms with Gasteiger partial charge in [-0.05, 0) is 31.2 Å². The average molecular weight is 383 g/mol. The maximum atomic E-state index is 13.7. The Morgan fingerprint density at radius 2 is 1.88 bits per heavy atom. The first-order valence-electron chi connectivity index (χ1n) is 6.15. The first kappa shape index (κ1) is 18.2. The smallest absolute Gasteiger partial charge is 0.416 e. The molecule has 0 atom stereocenters. The van der Waals surface area contributed by atoms with Crippen molar-refractivity contribution in [2.45, 2.75) is 18.0 Å². The van der Waals surface area contributed by atoms with E-state index in [1.54, 1.807) is 4.72 Å². The van der Waals surface area contributed by atoms with Gasteiger partial charge in [-0.3, -0.25) is 4.72 Å². The highest BCUT2D eigenvalue weighted by atomic mass is 32.2. The minimum atomic E-state index is -4.78. The Balaban J connectivity index is 2.45. The number of nitrogens with one attached hydrogen (secondary N) is 1. The molecule has 0 bridgehead atoms. The summed E-state index contributed by atoms with van der Waals surface area (Å²) in [6.45, 7) is 1.33. The number of carbonyl (C=O) groups is 1. The first-order valence-corrected chi connectivity index (χ1v) is 8.45. The number of aryl methyl sites for hydroxylation is 1. The predicted octanol–water partition coefficient (Wildman–Crippen LogP) is 3.71. The second kappa shape index (κ2) is 6.06. The highest BCUT2D eigenvalue weighted by Gasteiger charge is 2.32. The molecule has 11 heteroatoms. The van der Waals surface area contributed by atoms with E-state index in [0.29, 0.717) is 29.5 Å². The van der Waals surface area contributed by atoms with Crippen LogP contribution in [0.25, 0.3) is 0 Å². The number of hydrogen-bond acceptors (Lipinski definition) is 4. The molecule has 0 aliphatic rings. The maximum Gasteiger partial charge on any atom is 0.416 e. The summed E-state index contributed by atoms with van der Waals surface area (Å²) in [5, 5.41) is 8.86. The molecule has 0 aliphatic heterocycles. The number of rotatable bonds is 4. The molecule has 24 heavy (non-hydrogen) atoms. The maximum absolute atomic E-state index is 13.7. The number of anilines is 1. The number of alkyl halides is 3. The van der Waals surface area contributed by atoms with Crippen LogP contribution in [0.4, 0.5) is 23.2 Å². The summed E-state index contributed by atoms with van der Waals surface area (Å²) in [5.41, 5.74) is -2.11. The molecule has 130 valence electrons. The molecule has 1 heterocycles. The molecule has 0 unspecified atom stereocenters. The Morgan fingerprint density at radius 1 is 1.25 bits per heavy atom. The van der Waals surface area contributed by atoms with Crippen molar-refractivity contribution >= 4 is 33.0 Å². The lowest BCUT2D eigenvalue weighted by Crippen LogP contribution is -2.15. The third-order valence-corrected chi connectivity index (χ3v) is 5.57. The molecule has 0 saturated heterocycles. The molecule has 1 aromatic carbocycles. The molecule has 1 aromatic heterocycles. The molecule has 2 aromatic rings. The monoisotopic (exact) mass is 383 g/mol. The molecule has 0 fully saturated rings. The quantitative estimate of drug-likeness (QED) is 0.789. The minimum absolute atomic E-state index is 0.104. The number of hydrogen-bond donors (Lipinski definition) is 2. The Morgan fingerprint density at radius 3 is 2.38 bits per heavy atom. The van der Waals surface area contributed by atoms with Gasteiger partial charge in [0.1, 0.15) is 15.6 Å². The van der Waals surface area contributed by atoms with Crippen LogP contribution in [0.3, 0.4) is 0 Å². The molecule has 5 nitrogen and oxygen atoms in total. The number of carboxylic acid groups (broad SMARTS) is 1. The zero-order valence-corrected chi connectivity index (χ0v) is 13.4. The molecule has 2 rings (SSSR count). The summed E-state index contributed by atoms with van der Waals surface area (Å²) in [7, 11) is -4.45. The fraction of sp³-hybridized carbons (Fsp3) is 0.154. The van der Waals surface area contributed by atoms with Gasteiger partial charge in [0.25, 0.3) is 10.0 Å². The minimum Gasteiger partial charge on any atom is -0.477 e. The van der Waals surface area contributed by atoms with Gasteiger partial charge in [-0.15, -0.1) is 11.3 Å². The topological polar surface area (TPSA) is 83.5 Å². The van der Waals surface area contributed by atoms with Gasteiger partial charge in [-0.2, -0.15) is 13.2 Å². The van der Waals surface area contributed by atoms with E-state index in [1.807, 2.05) is 0 Å². The van der Waals surface area contributed by atoms with Crippen LogP contribution < -0.4 is 4.72 Å². The van der Waals surface area contributed by atoms with Gasteiger partial charge >= 0.3 is 12.1 Å². The van der Waals surface area contributed by atoms with Crippen LogP contribution in [0.5, 0.6) is 0 Å². The summed E-state index contributed by atoms with van der Waals surface area (Å²) < 4.78 is 77.8. The molecular formula is C13H9F4NO4S2. The number of carboxylic acids is 1. The van der Waals surface area contributed by atoms with Gasteiger partial charge < -0.3 is 5.11 Å². The highest BCUT2D eigenvalue weighted by molar-refractivity contribution is 7.93. The normalized spacial score (nSPS) is 12.2. The van der Waals surface area contributed by atoms with Crippen molar-refractivity contribution in [2.24, 2.45) is 0 Å². The summed E-state index contributed by atoms with van der Waals surface area (Å²) in [6, 6.07) is 2.15. The Labute approximate surface area is 137 Å². The van der Waals surface area contributed by atoms with Crippen LogP contribution in [0.1, 0.15) is 20.1 Å². The zero-order valence-electron chi connectivity index (χ0n) is 11.8. The second-order valence-electron chi connectivity index (χ2n) is 4.63. The lowest BCUT2D eigenvalue weighted by Gasteiger charge is -2.12. The Kier molecular flexibility index (Phi) is 4.59. The molecule has 0 spiro atoms. The van der Waals surface area contributed by atoms with Gasteiger partial charge in [0.2, 0.25) is 0 Å². The molecule has 0 amide bonds. The SMILES string of the molecule is Cc1sc(C(=O)O)cc1S(=O)(=O)Nc1cc(C(F)(F)F)ccc1F. The van der Waals surface area contributed by atoms with E-state index in [2.05, 4.69) is 0 Å². The number of halogens is 4. The highest BCUT2D eigenvalue weighted by Crippen LogP contribution is 2.33. The number of benzene rings is 1. The molecule has 0 aliphatic carbocycles. The lowest BCUT2D eigenvalue weighted by molar-refractivity contribution is -0.137. The fourth-order valence-corrected chi connectivity index (χ4v) is 4.31. The summed E-state index contributed by atoms with van der Waals surface area (Å²) >= 11 is 0.679. The summed E-state index contributed by atoms with van der Waals surface area (Å²) in [6.07, 6.45) is -4.78. The van der Waals surface area contributed by atoms with Crippen LogP contribution in [0.15, 0.2) is 29.2 Å². The van der Waals surface area contributed by atoms with E-state index in [4.69, 9.17) is 5.11 Å². The van der Waals surface area contributed by atoms with E-state index in [-0.39, 0.29) is 9.75 Å². The Bertz CT molecular complexity index is 903. The summed E-state index contributed by atoms with van der Waals surface area (Å²) in [4.78, 5) is 10.3. The van der Waals surface area contributed by atoms with Crippen molar-refractivity contribution < 1.29 is 35.9 Å². The molecule has 2 N–H and O–H groups in total. The van der Waals surface area contributed by atoms with Gasteiger partial charge in [0, 0.05) is 4.88 Å². The van der Waals surface area contributed by atoms with E-state index in [9.17, 15) is 30.8 Å². The van der Waals surface area contributed by atoms with Crippen LogP contribution in [-0.2, 0) is 16.2 Å². The number of sulfonamides is 1. The van der Waals surface area contributed by atoms with Crippen molar-refractivity contribution in [1.82, 2.24) is 0 Å². The third kappa shape index (κ3) is 3.67. The standard InChI is InChI=1S/C13H9F4NO4S2/c1-6-11(5-10(23-6)12(19)20)24(21,22)18-9-4-7(13(15,16)17)2-3-8(9)14/h2-5,18H,1H3,(H,19,20).